The SMILES string of the molecule is O=C(NC1C2CC3CC1CC(O)(C3)C2)c1cccc(N2CCC(c3cccnc3)CC2)n1. The third-order valence-corrected chi connectivity index (χ3v) is 8.48. The van der Waals surface area contributed by atoms with E-state index in [9.17, 15) is 9.90 Å². The summed E-state index contributed by atoms with van der Waals surface area (Å²) in [5.74, 6) is 2.82. The topological polar surface area (TPSA) is 78.4 Å². The van der Waals surface area contributed by atoms with Crippen LogP contribution in [-0.4, -0.2) is 45.7 Å². The van der Waals surface area contributed by atoms with E-state index in [-0.39, 0.29) is 11.9 Å². The van der Waals surface area contributed by atoms with Gasteiger partial charge < -0.3 is 15.3 Å². The minimum atomic E-state index is -0.474. The number of piperidine rings is 1. The number of anilines is 1. The van der Waals surface area contributed by atoms with Crippen molar-refractivity contribution >= 4 is 11.7 Å². The van der Waals surface area contributed by atoms with Crippen molar-refractivity contribution in [3.05, 3.63) is 54.0 Å². The van der Waals surface area contributed by atoms with E-state index in [0.29, 0.717) is 29.4 Å². The lowest BCUT2D eigenvalue weighted by Crippen LogP contribution is -2.61. The Balaban J connectivity index is 1.11. The highest BCUT2D eigenvalue weighted by atomic mass is 16.3. The van der Waals surface area contributed by atoms with Gasteiger partial charge in [-0.1, -0.05) is 12.1 Å². The molecule has 7 rings (SSSR count). The number of nitrogens with zero attached hydrogens (tertiary/aromatic N) is 3. The highest BCUT2D eigenvalue weighted by Gasteiger charge is 2.55. The molecule has 5 aliphatic rings. The molecule has 0 aromatic carbocycles. The summed E-state index contributed by atoms with van der Waals surface area (Å²) in [5, 5.41) is 14.1. The van der Waals surface area contributed by atoms with Crippen LogP contribution in [0.15, 0.2) is 42.7 Å². The number of hydrogen-bond acceptors (Lipinski definition) is 5. The fraction of sp³-hybridized carbons (Fsp3) is 0.577. The molecule has 2 atom stereocenters. The summed E-state index contributed by atoms with van der Waals surface area (Å²) in [5.41, 5.74) is 1.34. The molecule has 1 saturated heterocycles. The summed E-state index contributed by atoms with van der Waals surface area (Å²) in [6.07, 6.45) is 10.9. The van der Waals surface area contributed by atoms with Crippen molar-refractivity contribution < 1.29 is 9.90 Å². The lowest BCUT2D eigenvalue weighted by atomic mass is 9.52. The Hall–Kier alpha value is -2.47. The van der Waals surface area contributed by atoms with Crippen LogP contribution in [0, 0.1) is 17.8 Å². The molecule has 4 aliphatic carbocycles. The summed E-state index contributed by atoms with van der Waals surface area (Å²) in [7, 11) is 0. The zero-order valence-electron chi connectivity index (χ0n) is 18.5. The lowest BCUT2D eigenvalue weighted by Gasteiger charge is -2.58. The molecule has 4 bridgehead atoms. The van der Waals surface area contributed by atoms with Crippen molar-refractivity contribution in [2.24, 2.45) is 17.8 Å². The van der Waals surface area contributed by atoms with Crippen LogP contribution >= 0.6 is 0 Å². The van der Waals surface area contributed by atoms with Crippen molar-refractivity contribution in [1.29, 1.82) is 0 Å². The minimum Gasteiger partial charge on any atom is -0.390 e. The summed E-state index contributed by atoms with van der Waals surface area (Å²) in [4.78, 5) is 24.4. The molecule has 0 radical (unpaired) electrons. The van der Waals surface area contributed by atoms with E-state index in [0.717, 1.165) is 63.9 Å². The minimum absolute atomic E-state index is 0.0680. The smallest absolute Gasteiger partial charge is 0.270 e. The van der Waals surface area contributed by atoms with Gasteiger partial charge >= 0.3 is 0 Å². The molecule has 3 heterocycles. The highest BCUT2D eigenvalue weighted by Crippen LogP contribution is 2.55. The Morgan fingerprint density at radius 1 is 1.06 bits per heavy atom. The largest absolute Gasteiger partial charge is 0.390 e. The van der Waals surface area contributed by atoms with Gasteiger partial charge in [-0.25, -0.2) is 4.98 Å². The Morgan fingerprint density at radius 2 is 1.84 bits per heavy atom. The molecule has 6 heteroatoms. The fourth-order valence-electron chi connectivity index (χ4n) is 7.23. The van der Waals surface area contributed by atoms with Crippen LogP contribution in [0.1, 0.15) is 66.9 Å². The molecule has 1 amide bonds. The summed E-state index contributed by atoms with van der Waals surface area (Å²) in [6.45, 7) is 1.87. The third kappa shape index (κ3) is 3.68. The van der Waals surface area contributed by atoms with Gasteiger partial charge in [-0.2, -0.15) is 0 Å². The first-order chi connectivity index (χ1) is 15.6. The van der Waals surface area contributed by atoms with Crippen molar-refractivity contribution in [3.63, 3.8) is 0 Å². The molecule has 2 unspecified atom stereocenters. The number of carbonyl (C=O) groups is 1. The molecule has 2 N–H and O–H groups in total. The van der Waals surface area contributed by atoms with E-state index in [1.807, 2.05) is 36.7 Å². The predicted octanol–water partition coefficient (Wildman–Crippen LogP) is 3.53. The second-order valence-electron chi connectivity index (χ2n) is 10.6. The Labute approximate surface area is 189 Å². The molecular formula is C26H32N4O2. The first-order valence-electron chi connectivity index (χ1n) is 12.2. The maximum Gasteiger partial charge on any atom is 0.270 e. The van der Waals surface area contributed by atoms with E-state index in [2.05, 4.69) is 21.3 Å². The van der Waals surface area contributed by atoms with Crippen LogP contribution in [-0.2, 0) is 0 Å². The number of rotatable bonds is 4. The molecule has 6 nitrogen and oxygen atoms in total. The number of amides is 1. The van der Waals surface area contributed by atoms with Gasteiger partial charge in [-0.05, 0) is 92.4 Å². The first-order valence-corrected chi connectivity index (χ1v) is 12.2. The fourth-order valence-corrected chi connectivity index (χ4v) is 7.23. The van der Waals surface area contributed by atoms with Crippen LogP contribution < -0.4 is 10.2 Å². The number of aliphatic hydroxyl groups is 1. The van der Waals surface area contributed by atoms with Gasteiger partial charge in [0.25, 0.3) is 5.91 Å². The van der Waals surface area contributed by atoms with Crippen LogP contribution in [0.3, 0.4) is 0 Å². The Kier molecular flexibility index (Phi) is 4.94. The highest BCUT2D eigenvalue weighted by molar-refractivity contribution is 5.93. The van der Waals surface area contributed by atoms with Gasteiger partial charge in [0.2, 0.25) is 0 Å². The zero-order chi connectivity index (χ0) is 21.7. The Morgan fingerprint density at radius 3 is 2.53 bits per heavy atom. The molecular weight excluding hydrogens is 400 g/mol. The lowest BCUT2D eigenvalue weighted by molar-refractivity contribution is -0.136. The van der Waals surface area contributed by atoms with Gasteiger partial charge in [0.05, 0.1) is 5.60 Å². The third-order valence-electron chi connectivity index (χ3n) is 8.48. The number of aromatic nitrogens is 2. The summed E-state index contributed by atoms with van der Waals surface area (Å²) >= 11 is 0. The standard InChI is InChI=1S/C26H32N4O2/c31-25(29-24-20-11-17-12-21(24)15-26(32,13-17)14-20)22-4-1-5-23(28-22)30-9-6-18(7-10-30)19-3-2-8-27-16-19/h1-5,8,16-18,20-21,24,32H,6-7,9-15H2,(H,29,31). The van der Waals surface area contributed by atoms with Crippen molar-refractivity contribution in [2.45, 2.75) is 62.5 Å². The van der Waals surface area contributed by atoms with Crippen LogP contribution in [0.25, 0.3) is 0 Å². The molecule has 168 valence electrons. The molecule has 2 aromatic rings. The van der Waals surface area contributed by atoms with E-state index in [1.54, 1.807) is 0 Å². The number of pyridine rings is 2. The van der Waals surface area contributed by atoms with Gasteiger partial charge in [-0.15, -0.1) is 0 Å². The zero-order valence-corrected chi connectivity index (χ0v) is 18.5. The average Bonchev–Trinajstić information content (AvgIpc) is 2.81. The normalized spacial score (nSPS) is 34.0. The monoisotopic (exact) mass is 432 g/mol. The molecule has 0 spiro atoms. The van der Waals surface area contributed by atoms with Gasteiger partial charge in [0, 0.05) is 31.5 Å². The average molecular weight is 433 g/mol. The summed E-state index contributed by atoms with van der Waals surface area (Å²) < 4.78 is 0. The maximum absolute atomic E-state index is 13.1. The van der Waals surface area contributed by atoms with Crippen LogP contribution in [0.4, 0.5) is 5.82 Å². The van der Waals surface area contributed by atoms with E-state index in [4.69, 9.17) is 4.98 Å². The maximum atomic E-state index is 13.1. The van der Waals surface area contributed by atoms with E-state index >= 15 is 0 Å². The molecule has 5 fully saturated rings. The summed E-state index contributed by atoms with van der Waals surface area (Å²) in [6, 6.07) is 10.1. The predicted molar refractivity (Wildman–Crippen MR) is 122 cm³/mol. The van der Waals surface area contributed by atoms with Gasteiger partial charge in [0.15, 0.2) is 0 Å². The van der Waals surface area contributed by atoms with Gasteiger partial charge in [-0.3, -0.25) is 9.78 Å². The van der Waals surface area contributed by atoms with E-state index in [1.165, 1.54) is 5.56 Å². The number of nitrogens with one attached hydrogen (secondary N) is 1. The van der Waals surface area contributed by atoms with Crippen LogP contribution in [0.5, 0.6) is 0 Å². The second-order valence-corrected chi connectivity index (χ2v) is 10.6. The van der Waals surface area contributed by atoms with Gasteiger partial charge in [0.1, 0.15) is 11.5 Å². The van der Waals surface area contributed by atoms with E-state index < -0.39 is 5.60 Å². The molecule has 1 aliphatic heterocycles. The van der Waals surface area contributed by atoms with Crippen LogP contribution in [0.2, 0.25) is 0 Å². The molecule has 4 saturated carbocycles. The molecule has 2 aromatic heterocycles. The Bertz CT molecular complexity index is 972. The van der Waals surface area contributed by atoms with Crippen molar-refractivity contribution in [3.8, 4) is 0 Å². The first kappa shape index (κ1) is 20.2. The second kappa shape index (κ2) is 7.84. The molecule has 32 heavy (non-hydrogen) atoms. The number of hydrogen-bond donors (Lipinski definition) is 2. The number of carbonyl (C=O) groups excluding carboxylic acids is 1. The quantitative estimate of drug-likeness (QED) is 0.773. The van der Waals surface area contributed by atoms with Crippen molar-refractivity contribution in [2.75, 3.05) is 18.0 Å². The van der Waals surface area contributed by atoms with Crippen molar-refractivity contribution in [1.82, 2.24) is 15.3 Å².